The summed E-state index contributed by atoms with van der Waals surface area (Å²) in [5.41, 5.74) is 1.78. The molecule has 0 spiro atoms. The van der Waals surface area contributed by atoms with Crippen LogP contribution in [0.5, 0.6) is 11.5 Å². The lowest BCUT2D eigenvalue weighted by atomic mass is 9.96. The number of benzene rings is 3. The Hall–Kier alpha value is -5.10. The first kappa shape index (κ1) is 26.5. The molecule has 2 N–H and O–H groups in total. The molecule has 0 unspecified atom stereocenters. The Morgan fingerprint density at radius 1 is 1.15 bits per heavy atom. The molecule has 8 nitrogen and oxygen atoms in total. The van der Waals surface area contributed by atoms with Crippen LogP contribution in [-0.2, 0) is 6.42 Å². The Kier molecular flexibility index (Phi) is 7.25. The zero-order chi connectivity index (χ0) is 28.4. The van der Waals surface area contributed by atoms with E-state index in [1.807, 2.05) is 30.3 Å². The summed E-state index contributed by atoms with van der Waals surface area (Å²) in [6, 6.07) is 17.7. The molecule has 0 radical (unpaired) electrons. The zero-order valence-corrected chi connectivity index (χ0v) is 21.9. The normalized spacial score (nSPS) is 13.1. The predicted octanol–water partition coefficient (Wildman–Crippen LogP) is 5.92. The average Bonchev–Trinajstić information content (AvgIpc) is 3.81. The number of aromatic carboxylic acids is 1. The van der Waals surface area contributed by atoms with Crippen LogP contribution < -0.4 is 20.2 Å². The van der Waals surface area contributed by atoms with E-state index in [-0.39, 0.29) is 29.2 Å². The van der Waals surface area contributed by atoms with Crippen LogP contribution in [0.15, 0.2) is 77.4 Å². The van der Waals surface area contributed by atoms with Crippen LogP contribution in [0.25, 0.3) is 22.0 Å². The fourth-order valence-electron chi connectivity index (χ4n) is 4.75. The molecule has 0 amide bonds. The van der Waals surface area contributed by atoms with E-state index in [1.165, 1.54) is 20.4 Å². The van der Waals surface area contributed by atoms with E-state index in [1.54, 1.807) is 29.0 Å². The van der Waals surface area contributed by atoms with E-state index < -0.39 is 22.8 Å². The second-order valence-electron chi connectivity index (χ2n) is 9.51. The Labute approximate surface area is 229 Å². The Bertz CT molecular complexity index is 1750. The third kappa shape index (κ3) is 5.12. The van der Waals surface area contributed by atoms with Crippen molar-refractivity contribution in [3.8, 4) is 28.7 Å². The number of anilines is 1. The van der Waals surface area contributed by atoms with Gasteiger partial charge in [-0.1, -0.05) is 18.2 Å². The number of para-hydroxylation sites is 1. The molecule has 5 rings (SSSR count). The van der Waals surface area contributed by atoms with Crippen LogP contribution in [0.3, 0.4) is 0 Å². The lowest BCUT2D eigenvalue weighted by Crippen LogP contribution is -2.19. The van der Waals surface area contributed by atoms with Crippen LogP contribution in [0, 0.1) is 17.1 Å². The van der Waals surface area contributed by atoms with Crippen LogP contribution in [-0.4, -0.2) is 29.9 Å². The van der Waals surface area contributed by atoms with Crippen molar-refractivity contribution in [2.75, 3.05) is 19.5 Å². The van der Waals surface area contributed by atoms with Gasteiger partial charge in [-0.05, 0) is 54.8 Å². The van der Waals surface area contributed by atoms with E-state index in [9.17, 15) is 20.0 Å². The minimum absolute atomic E-state index is 0.00294. The maximum absolute atomic E-state index is 15.7. The number of aromatic nitrogens is 1. The number of carboxylic acid groups (broad SMARTS) is 1. The number of methoxy groups -OCH3 is 2. The molecule has 3 aromatic carbocycles. The molecule has 0 atom stereocenters. The van der Waals surface area contributed by atoms with Gasteiger partial charge in [-0.3, -0.25) is 4.79 Å². The summed E-state index contributed by atoms with van der Waals surface area (Å²) in [6.45, 7) is 0. The molecule has 202 valence electrons. The maximum atomic E-state index is 15.7. The van der Waals surface area contributed by atoms with Gasteiger partial charge >= 0.3 is 5.97 Å². The van der Waals surface area contributed by atoms with E-state index in [4.69, 9.17) is 9.47 Å². The number of ether oxygens (including phenoxy) is 2. The molecule has 0 aliphatic heterocycles. The first-order valence-corrected chi connectivity index (χ1v) is 12.6. The quantitative estimate of drug-likeness (QED) is 0.254. The van der Waals surface area contributed by atoms with Gasteiger partial charge in [0.2, 0.25) is 5.43 Å². The number of pyridine rings is 1. The van der Waals surface area contributed by atoms with Crippen molar-refractivity contribution in [2.24, 2.45) is 0 Å². The largest absolute Gasteiger partial charge is 0.493 e. The summed E-state index contributed by atoms with van der Waals surface area (Å²) in [5, 5.41) is 22.4. The van der Waals surface area contributed by atoms with Crippen molar-refractivity contribution < 1.29 is 23.8 Å². The third-order valence-electron chi connectivity index (χ3n) is 6.85. The van der Waals surface area contributed by atoms with E-state index in [2.05, 4.69) is 11.4 Å². The number of rotatable bonds is 9. The number of fused-ring (bicyclic) bond motifs is 1. The number of nitriles is 1. The summed E-state index contributed by atoms with van der Waals surface area (Å²) in [6.07, 6.45) is 4.85. The Balaban J connectivity index is 1.64. The van der Waals surface area contributed by atoms with Gasteiger partial charge in [0.1, 0.15) is 11.4 Å². The zero-order valence-electron chi connectivity index (χ0n) is 21.9. The minimum atomic E-state index is -1.35. The van der Waals surface area contributed by atoms with E-state index in [0.717, 1.165) is 24.6 Å². The van der Waals surface area contributed by atoms with Gasteiger partial charge in [0.25, 0.3) is 0 Å². The summed E-state index contributed by atoms with van der Waals surface area (Å²) >= 11 is 0. The van der Waals surface area contributed by atoms with Gasteiger partial charge in [0, 0.05) is 52.6 Å². The van der Waals surface area contributed by atoms with Crippen LogP contribution in [0.1, 0.15) is 34.8 Å². The predicted molar refractivity (Wildman–Crippen MR) is 149 cm³/mol. The molecule has 0 bridgehead atoms. The molecule has 0 saturated heterocycles. The average molecular weight is 540 g/mol. The highest BCUT2D eigenvalue weighted by molar-refractivity contribution is 5.94. The van der Waals surface area contributed by atoms with Crippen molar-refractivity contribution in [3.05, 3.63) is 99.7 Å². The Morgan fingerprint density at radius 3 is 2.52 bits per heavy atom. The molecule has 1 aromatic heterocycles. The molecule has 1 heterocycles. The van der Waals surface area contributed by atoms with Gasteiger partial charge in [-0.15, -0.1) is 0 Å². The van der Waals surface area contributed by atoms with Crippen molar-refractivity contribution in [1.29, 1.82) is 5.26 Å². The van der Waals surface area contributed by atoms with Gasteiger partial charge in [-0.2, -0.15) is 5.26 Å². The van der Waals surface area contributed by atoms with Gasteiger partial charge in [0.15, 0.2) is 11.5 Å². The highest BCUT2D eigenvalue weighted by Gasteiger charge is 2.28. The molecule has 1 fully saturated rings. The number of carboxylic acids is 1. The summed E-state index contributed by atoms with van der Waals surface area (Å²) in [4.78, 5) is 24.6. The van der Waals surface area contributed by atoms with Crippen molar-refractivity contribution >= 4 is 22.6 Å². The number of hydrogen-bond acceptors (Lipinski definition) is 6. The van der Waals surface area contributed by atoms with Gasteiger partial charge in [0.05, 0.1) is 25.8 Å². The minimum Gasteiger partial charge on any atom is -0.493 e. The summed E-state index contributed by atoms with van der Waals surface area (Å²) < 4.78 is 28.6. The summed E-state index contributed by atoms with van der Waals surface area (Å²) in [7, 11) is 2.92. The molecular formula is C31H26FN3O5. The maximum Gasteiger partial charge on any atom is 0.341 e. The number of halogens is 1. The third-order valence-corrected chi connectivity index (χ3v) is 6.85. The van der Waals surface area contributed by atoms with Crippen LogP contribution in [0.2, 0.25) is 0 Å². The highest BCUT2D eigenvalue weighted by Crippen LogP contribution is 2.43. The lowest BCUT2D eigenvalue weighted by Gasteiger charge is -2.18. The van der Waals surface area contributed by atoms with E-state index in [0.29, 0.717) is 28.0 Å². The van der Waals surface area contributed by atoms with E-state index >= 15 is 4.39 Å². The Morgan fingerprint density at radius 2 is 1.90 bits per heavy atom. The highest BCUT2D eigenvalue weighted by atomic mass is 19.1. The first-order chi connectivity index (χ1) is 19.3. The lowest BCUT2D eigenvalue weighted by molar-refractivity contribution is 0.0695. The van der Waals surface area contributed by atoms with Crippen LogP contribution in [0.4, 0.5) is 10.1 Å². The molecule has 4 aromatic rings. The van der Waals surface area contributed by atoms with Gasteiger partial charge < -0.3 is 24.5 Å². The first-order valence-electron chi connectivity index (χ1n) is 12.6. The van der Waals surface area contributed by atoms with Crippen molar-refractivity contribution in [3.63, 3.8) is 0 Å². The molecule has 40 heavy (non-hydrogen) atoms. The van der Waals surface area contributed by atoms with Crippen LogP contribution >= 0.6 is 0 Å². The SMILES string of the molecule is COc1cc(C/C(C#N)=C/Nc2ccccc2)cc(-c2cc3c(cc2F)c(=O)c(C(=O)O)cn3C2CC2)c1OC. The number of nitrogens with one attached hydrogen (secondary N) is 1. The molecule has 9 heteroatoms. The number of allylic oxidation sites excluding steroid dienone is 1. The van der Waals surface area contributed by atoms with Crippen molar-refractivity contribution in [1.82, 2.24) is 4.57 Å². The second kappa shape index (κ2) is 10.9. The van der Waals surface area contributed by atoms with Crippen molar-refractivity contribution in [2.45, 2.75) is 25.3 Å². The fourth-order valence-corrected chi connectivity index (χ4v) is 4.75. The smallest absolute Gasteiger partial charge is 0.341 e. The standard InChI is InChI=1S/C31H26FN3O5/c1-39-28-12-18(10-19(15-33)16-34-20-6-4-3-5-7-20)11-23(30(28)40-2)22-14-27-24(13-26(22)32)29(36)25(31(37)38)17-35(27)21-8-9-21/h3-7,11-14,16-17,21,34H,8-10H2,1-2H3,(H,37,38)/b19-16-. The number of hydrogen-bond donors (Lipinski definition) is 2. The molecular weight excluding hydrogens is 513 g/mol. The topological polar surface area (TPSA) is 114 Å². The monoisotopic (exact) mass is 539 g/mol. The number of nitrogens with zero attached hydrogens (tertiary/aromatic N) is 2. The molecule has 1 saturated carbocycles. The number of carbonyl (C=O) groups is 1. The van der Waals surface area contributed by atoms with Gasteiger partial charge in [-0.25, -0.2) is 9.18 Å². The second-order valence-corrected chi connectivity index (χ2v) is 9.51. The fraction of sp³-hybridized carbons (Fsp3) is 0.194. The molecule has 1 aliphatic rings. The molecule has 1 aliphatic carbocycles. The summed E-state index contributed by atoms with van der Waals surface area (Å²) in [5.74, 6) is -1.43.